The lowest BCUT2D eigenvalue weighted by Gasteiger charge is -2.35. The van der Waals surface area contributed by atoms with Crippen LogP contribution in [0.15, 0.2) is 168 Å². The van der Waals surface area contributed by atoms with Crippen molar-refractivity contribution in [1.29, 1.82) is 0 Å². The Morgan fingerprint density at radius 3 is 1.74 bits per heavy atom. The van der Waals surface area contributed by atoms with Crippen LogP contribution >= 0.6 is 0 Å². The van der Waals surface area contributed by atoms with E-state index >= 15 is 0 Å². The summed E-state index contributed by atoms with van der Waals surface area (Å²) in [4.78, 5) is 17.2. The number of nitrogens with zero attached hydrogens (tertiary/aromatic N) is 4. The molecule has 10 rings (SSSR count). The normalized spacial score (nSPS) is 17.2. The monoisotopic (exact) mass is 642 g/mol. The molecule has 4 heterocycles. The summed E-state index contributed by atoms with van der Waals surface area (Å²) in [5.41, 5.74) is 13.7. The number of benzene rings is 6. The molecule has 6 aromatic carbocycles. The molecule has 238 valence electrons. The molecule has 3 aliphatic rings. The van der Waals surface area contributed by atoms with Crippen LogP contribution in [0.4, 0.5) is 0 Å². The predicted octanol–water partition coefficient (Wildman–Crippen LogP) is 9.73. The van der Waals surface area contributed by atoms with Crippen molar-refractivity contribution < 1.29 is 0 Å². The van der Waals surface area contributed by atoms with Gasteiger partial charge in [-0.3, -0.25) is 4.57 Å². The van der Waals surface area contributed by atoms with E-state index in [1.54, 1.807) is 0 Å². The maximum atomic E-state index is 5.93. The van der Waals surface area contributed by atoms with Gasteiger partial charge in [0.15, 0.2) is 5.84 Å². The highest BCUT2D eigenvalue weighted by Crippen LogP contribution is 2.50. The summed E-state index contributed by atoms with van der Waals surface area (Å²) in [7, 11) is 0. The molecule has 1 atom stereocenters. The molecule has 0 radical (unpaired) electrons. The predicted molar refractivity (Wildman–Crippen MR) is 203 cm³/mol. The molecular weight excluding hydrogens is 609 g/mol. The lowest BCUT2D eigenvalue weighted by atomic mass is 9.83. The molecule has 7 aromatic rings. The van der Waals surface area contributed by atoms with Crippen molar-refractivity contribution in [3.05, 3.63) is 197 Å². The number of hydrogen-bond donors (Lipinski definition) is 0. The van der Waals surface area contributed by atoms with Crippen LogP contribution < -0.4 is 0 Å². The average molecular weight is 643 g/mol. The van der Waals surface area contributed by atoms with Gasteiger partial charge in [-0.2, -0.15) is 0 Å². The van der Waals surface area contributed by atoms with Crippen molar-refractivity contribution in [2.45, 2.75) is 31.3 Å². The van der Waals surface area contributed by atoms with Crippen LogP contribution in [0.3, 0.4) is 0 Å². The standard InChI is InChI=1S/C46H34N4/c1-5-13-35(14-6-1)41-42-39-29-31-21-22-32-24-26-34(28-27-33(39)25-23-31)40(30-32)46(50(42)45(47-41)38-19-11-4-12-20-38)43(36-15-7-2-8-16-36)48-44(49-46)37-17-9-3-10-18-37/h1-20,23-26,29-30H,21-22,27-28H2. The fraction of sp³-hybridized carbons (Fsp3) is 0.109. The van der Waals surface area contributed by atoms with Crippen molar-refractivity contribution >= 4 is 11.5 Å². The number of imidazole rings is 1. The van der Waals surface area contributed by atoms with E-state index in [9.17, 15) is 0 Å². The Labute approximate surface area is 292 Å². The Balaban J connectivity index is 1.46. The Bertz CT molecular complexity index is 2460. The topological polar surface area (TPSA) is 42.5 Å². The van der Waals surface area contributed by atoms with Crippen molar-refractivity contribution in [2.24, 2.45) is 9.98 Å². The molecule has 1 aromatic heterocycles. The highest BCUT2D eigenvalue weighted by Gasteiger charge is 2.50. The smallest absolute Gasteiger partial charge is 0.209 e. The molecule has 1 unspecified atom stereocenters. The number of amidine groups is 1. The van der Waals surface area contributed by atoms with Crippen LogP contribution in [-0.2, 0) is 31.3 Å². The fourth-order valence-corrected chi connectivity index (χ4v) is 8.12. The first-order chi connectivity index (χ1) is 24.8. The third kappa shape index (κ3) is 4.49. The first-order valence-corrected chi connectivity index (χ1v) is 17.5. The molecule has 0 N–H and O–H groups in total. The summed E-state index contributed by atoms with van der Waals surface area (Å²) in [5.74, 6) is 1.60. The van der Waals surface area contributed by atoms with Gasteiger partial charge in [-0.05, 0) is 54.0 Å². The van der Waals surface area contributed by atoms with Crippen LogP contribution in [0.1, 0.15) is 38.9 Å². The SMILES string of the molecule is c1ccc(C2=NC3(C(c4ccccc4)=N2)c2cc4ccc2CCc2ccc(cc2-c2c(-c5ccccc5)nc(-c5ccccc5)n23)CC4)cc1. The Kier molecular flexibility index (Phi) is 6.63. The van der Waals surface area contributed by atoms with Crippen LogP contribution in [-0.4, -0.2) is 21.1 Å². The van der Waals surface area contributed by atoms with Gasteiger partial charge < -0.3 is 0 Å². The summed E-state index contributed by atoms with van der Waals surface area (Å²) < 4.78 is 2.47. The minimum Gasteiger partial charge on any atom is -0.288 e. The van der Waals surface area contributed by atoms with Gasteiger partial charge >= 0.3 is 0 Å². The maximum absolute atomic E-state index is 5.93. The minimum absolute atomic E-state index is 0.726. The third-order valence-corrected chi connectivity index (χ3v) is 10.5. The van der Waals surface area contributed by atoms with E-state index < -0.39 is 5.66 Å². The first-order valence-electron chi connectivity index (χ1n) is 17.5. The largest absolute Gasteiger partial charge is 0.288 e. The molecule has 0 amide bonds. The Hall–Kier alpha value is -6.13. The number of aliphatic imine (C=N–C) groups is 2. The van der Waals surface area contributed by atoms with E-state index in [-0.39, 0.29) is 0 Å². The summed E-state index contributed by atoms with van der Waals surface area (Å²) in [6.07, 6.45) is 3.70. The summed E-state index contributed by atoms with van der Waals surface area (Å²) in [6, 6.07) is 56.6. The van der Waals surface area contributed by atoms with Crippen molar-refractivity contribution in [2.75, 3.05) is 0 Å². The lowest BCUT2D eigenvalue weighted by molar-refractivity contribution is 0.522. The first kappa shape index (κ1) is 28.8. The molecule has 4 heteroatoms. The number of hydrogen-bond acceptors (Lipinski definition) is 3. The minimum atomic E-state index is -1.06. The third-order valence-electron chi connectivity index (χ3n) is 10.5. The number of aryl methyl sites for hydroxylation is 4. The second-order valence-corrected chi connectivity index (χ2v) is 13.5. The highest BCUT2D eigenvalue weighted by molar-refractivity contribution is 6.21. The van der Waals surface area contributed by atoms with Crippen molar-refractivity contribution in [1.82, 2.24) is 9.55 Å². The molecule has 0 saturated heterocycles. The van der Waals surface area contributed by atoms with E-state index in [0.29, 0.717) is 0 Å². The maximum Gasteiger partial charge on any atom is 0.209 e. The van der Waals surface area contributed by atoms with E-state index in [1.807, 2.05) is 0 Å². The van der Waals surface area contributed by atoms with E-state index in [0.717, 1.165) is 76.7 Å². The zero-order chi connectivity index (χ0) is 33.1. The van der Waals surface area contributed by atoms with Gasteiger partial charge in [0.2, 0.25) is 5.66 Å². The fourth-order valence-electron chi connectivity index (χ4n) is 8.12. The van der Waals surface area contributed by atoms with E-state index in [1.165, 1.54) is 33.4 Å². The molecule has 1 spiro atoms. The van der Waals surface area contributed by atoms with Gasteiger partial charge in [0.25, 0.3) is 0 Å². The van der Waals surface area contributed by atoms with Gasteiger partial charge in [-0.15, -0.1) is 0 Å². The summed E-state index contributed by atoms with van der Waals surface area (Å²) >= 11 is 0. The average Bonchev–Trinajstić information content (AvgIpc) is 3.78. The molecular formula is C46H34N4. The van der Waals surface area contributed by atoms with Gasteiger partial charge in [0.1, 0.15) is 11.5 Å². The van der Waals surface area contributed by atoms with Crippen LogP contribution in [0.5, 0.6) is 0 Å². The highest BCUT2D eigenvalue weighted by atomic mass is 15.3. The summed E-state index contributed by atoms with van der Waals surface area (Å²) in [6.45, 7) is 0. The Morgan fingerprint density at radius 1 is 0.500 bits per heavy atom. The lowest BCUT2D eigenvalue weighted by Crippen LogP contribution is -2.42. The van der Waals surface area contributed by atoms with Gasteiger partial charge in [0.05, 0.1) is 11.4 Å². The quantitative estimate of drug-likeness (QED) is 0.189. The molecule has 4 nitrogen and oxygen atoms in total. The molecule has 50 heavy (non-hydrogen) atoms. The van der Waals surface area contributed by atoms with Crippen LogP contribution in [0.25, 0.3) is 33.9 Å². The van der Waals surface area contributed by atoms with Crippen LogP contribution in [0, 0.1) is 0 Å². The molecule has 0 fully saturated rings. The number of aromatic nitrogens is 2. The number of fused-ring (bicyclic) bond motifs is 2. The van der Waals surface area contributed by atoms with Gasteiger partial charge in [0, 0.05) is 33.4 Å². The second-order valence-electron chi connectivity index (χ2n) is 13.5. The molecule has 4 bridgehead atoms. The van der Waals surface area contributed by atoms with Crippen molar-refractivity contribution in [3.8, 4) is 33.9 Å². The molecule has 0 saturated carbocycles. The zero-order valence-electron chi connectivity index (χ0n) is 27.6. The van der Waals surface area contributed by atoms with Crippen molar-refractivity contribution in [3.63, 3.8) is 0 Å². The summed E-state index contributed by atoms with van der Waals surface area (Å²) in [5, 5.41) is 0. The van der Waals surface area contributed by atoms with Crippen LogP contribution in [0.2, 0.25) is 0 Å². The van der Waals surface area contributed by atoms with Gasteiger partial charge in [-0.1, -0.05) is 152 Å². The van der Waals surface area contributed by atoms with E-state index in [2.05, 4.69) is 162 Å². The molecule has 0 aliphatic carbocycles. The second kappa shape index (κ2) is 11.5. The zero-order valence-corrected chi connectivity index (χ0v) is 27.6. The Morgan fingerprint density at radius 2 is 1.06 bits per heavy atom. The molecule has 3 aliphatic heterocycles. The van der Waals surface area contributed by atoms with Gasteiger partial charge in [-0.25, -0.2) is 15.0 Å². The number of rotatable bonds is 4. The van der Waals surface area contributed by atoms with E-state index in [4.69, 9.17) is 15.0 Å².